The van der Waals surface area contributed by atoms with Crippen LogP contribution < -0.4 is 5.32 Å². The van der Waals surface area contributed by atoms with Gasteiger partial charge in [-0.15, -0.1) is 0 Å². The number of unbranched alkanes of at least 4 members (excludes halogenated alkanes) is 1. The van der Waals surface area contributed by atoms with Crippen molar-refractivity contribution in [2.75, 3.05) is 11.9 Å². The van der Waals surface area contributed by atoms with E-state index in [0.29, 0.717) is 23.4 Å². The molecule has 1 aromatic carbocycles. The molecule has 6 heteroatoms. The Morgan fingerprint density at radius 1 is 1.26 bits per heavy atom. The molecule has 0 radical (unpaired) electrons. The van der Waals surface area contributed by atoms with Crippen molar-refractivity contribution in [2.45, 2.75) is 26.7 Å². The van der Waals surface area contributed by atoms with E-state index in [1.807, 2.05) is 13.8 Å². The lowest BCUT2D eigenvalue weighted by Crippen LogP contribution is -2.13. The van der Waals surface area contributed by atoms with E-state index in [0.717, 1.165) is 18.5 Å². The minimum Gasteiger partial charge on any atom is -0.462 e. The second-order valence-electron chi connectivity index (χ2n) is 5.29. The highest BCUT2D eigenvalue weighted by Gasteiger charge is 2.13. The molecule has 0 spiro atoms. The first-order valence-electron chi connectivity index (χ1n) is 7.60. The number of hydrogen-bond donors (Lipinski definition) is 1. The van der Waals surface area contributed by atoms with Gasteiger partial charge in [-0.25, -0.2) is 4.79 Å². The number of nitrogens with one attached hydrogen (secondary N) is 1. The average molecular weight is 315 g/mol. The van der Waals surface area contributed by atoms with Crippen molar-refractivity contribution in [3.05, 3.63) is 47.3 Å². The molecule has 0 bridgehead atoms. The molecule has 122 valence electrons. The van der Waals surface area contributed by atoms with E-state index >= 15 is 0 Å². The Morgan fingerprint density at radius 3 is 2.52 bits per heavy atom. The van der Waals surface area contributed by atoms with Gasteiger partial charge in [0.2, 0.25) is 0 Å². The van der Waals surface area contributed by atoms with Gasteiger partial charge in [0.1, 0.15) is 0 Å². The maximum absolute atomic E-state index is 12.2. The van der Waals surface area contributed by atoms with E-state index in [2.05, 4.69) is 10.4 Å². The molecule has 0 fully saturated rings. The molecule has 0 atom stereocenters. The van der Waals surface area contributed by atoms with Gasteiger partial charge in [0, 0.05) is 18.4 Å². The van der Waals surface area contributed by atoms with Crippen LogP contribution in [0.3, 0.4) is 0 Å². The van der Waals surface area contributed by atoms with Gasteiger partial charge in [-0.2, -0.15) is 5.10 Å². The van der Waals surface area contributed by atoms with Crippen LogP contribution in [0.4, 0.5) is 5.69 Å². The summed E-state index contributed by atoms with van der Waals surface area (Å²) in [6.45, 7) is 4.29. The monoisotopic (exact) mass is 315 g/mol. The highest BCUT2D eigenvalue weighted by molar-refractivity contribution is 6.05. The first-order valence-corrected chi connectivity index (χ1v) is 7.60. The minimum atomic E-state index is -0.348. The molecule has 2 aromatic rings. The largest absolute Gasteiger partial charge is 0.462 e. The van der Waals surface area contributed by atoms with Crippen LogP contribution in [0.1, 0.15) is 46.2 Å². The zero-order chi connectivity index (χ0) is 16.8. The lowest BCUT2D eigenvalue weighted by molar-refractivity contribution is 0.0499. The van der Waals surface area contributed by atoms with Crippen LogP contribution >= 0.6 is 0 Å². The number of amides is 1. The fourth-order valence-corrected chi connectivity index (χ4v) is 2.00. The molecule has 0 saturated carbocycles. The average Bonchev–Trinajstić information content (AvgIpc) is 2.88. The number of nitrogens with zero attached hydrogens (tertiary/aromatic N) is 2. The molecule has 6 nitrogen and oxygen atoms in total. The number of esters is 1. The number of anilines is 1. The Morgan fingerprint density at radius 2 is 1.96 bits per heavy atom. The molecule has 23 heavy (non-hydrogen) atoms. The van der Waals surface area contributed by atoms with Gasteiger partial charge in [-0.1, -0.05) is 13.3 Å². The molecule has 1 amide bonds. The standard InChI is InChI=1S/C17H21N3O3/c1-4-5-10-23-17(22)13-6-8-14(9-7-13)19-16(21)15-11-18-20(3)12(15)2/h6-9,11H,4-5,10H2,1-3H3,(H,19,21). The summed E-state index contributed by atoms with van der Waals surface area (Å²) < 4.78 is 6.78. The lowest BCUT2D eigenvalue weighted by atomic mass is 10.2. The number of rotatable bonds is 6. The summed E-state index contributed by atoms with van der Waals surface area (Å²) in [4.78, 5) is 24.0. The van der Waals surface area contributed by atoms with Gasteiger partial charge < -0.3 is 10.1 Å². The molecular formula is C17H21N3O3. The Balaban J connectivity index is 1.98. The molecule has 0 unspecified atom stereocenters. The lowest BCUT2D eigenvalue weighted by Gasteiger charge is -2.07. The van der Waals surface area contributed by atoms with Gasteiger partial charge >= 0.3 is 5.97 Å². The smallest absolute Gasteiger partial charge is 0.338 e. The summed E-state index contributed by atoms with van der Waals surface area (Å²) in [5, 5.41) is 6.83. The van der Waals surface area contributed by atoms with Crippen molar-refractivity contribution in [2.24, 2.45) is 7.05 Å². The number of carbonyl (C=O) groups is 2. The van der Waals surface area contributed by atoms with Crippen molar-refractivity contribution < 1.29 is 14.3 Å². The van der Waals surface area contributed by atoms with Crippen LogP contribution in [-0.4, -0.2) is 28.3 Å². The fraction of sp³-hybridized carbons (Fsp3) is 0.353. The quantitative estimate of drug-likeness (QED) is 0.657. The summed E-state index contributed by atoms with van der Waals surface area (Å²) in [6.07, 6.45) is 3.36. The number of hydrogen-bond acceptors (Lipinski definition) is 4. The zero-order valence-corrected chi connectivity index (χ0v) is 13.6. The van der Waals surface area contributed by atoms with E-state index in [4.69, 9.17) is 4.74 Å². The SMILES string of the molecule is CCCCOC(=O)c1ccc(NC(=O)c2cnn(C)c2C)cc1. The van der Waals surface area contributed by atoms with Crippen molar-refractivity contribution >= 4 is 17.6 Å². The Bertz CT molecular complexity index is 690. The predicted octanol–water partition coefficient (Wildman–Crippen LogP) is 2.94. The highest BCUT2D eigenvalue weighted by Crippen LogP contribution is 2.14. The number of benzene rings is 1. The fourth-order valence-electron chi connectivity index (χ4n) is 2.00. The second kappa shape index (κ2) is 7.58. The number of aromatic nitrogens is 2. The topological polar surface area (TPSA) is 73.2 Å². The third kappa shape index (κ3) is 4.18. The molecule has 0 saturated heterocycles. The number of carbonyl (C=O) groups excluding carboxylic acids is 2. The van der Waals surface area contributed by atoms with Crippen LogP contribution in [0.25, 0.3) is 0 Å². The van der Waals surface area contributed by atoms with E-state index in [-0.39, 0.29) is 11.9 Å². The zero-order valence-electron chi connectivity index (χ0n) is 13.6. The van der Waals surface area contributed by atoms with Crippen LogP contribution in [0.15, 0.2) is 30.5 Å². The Hall–Kier alpha value is -2.63. The van der Waals surface area contributed by atoms with Crippen LogP contribution in [0, 0.1) is 6.92 Å². The summed E-state index contributed by atoms with van der Waals surface area (Å²) >= 11 is 0. The van der Waals surface area contributed by atoms with Crippen LogP contribution in [0.5, 0.6) is 0 Å². The van der Waals surface area contributed by atoms with Gasteiger partial charge in [-0.3, -0.25) is 9.48 Å². The first-order chi connectivity index (χ1) is 11.0. The van der Waals surface area contributed by atoms with Crippen LogP contribution in [-0.2, 0) is 11.8 Å². The molecule has 1 aromatic heterocycles. The molecular weight excluding hydrogens is 294 g/mol. The molecule has 0 aliphatic heterocycles. The van der Waals surface area contributed by atoms with E-state index in [1.54, 1.807) is 36.0 Å². The van der Waals surface area contributed by atoms with E-state index in [9.17, 15) is 9.59 Å². The summed E-state index contributed by atoms with van der Waals surface area (Å²) in [5.74, 6) is -0.576. The van der Waals surface area contributed by atoms with E-state index in [1.165, 1.54) is 6.20 Å². The Labute approximate surface area is 135 Å². The molecule has 1 N–H and O–H groups in total. The molecule has 2 rings (SSSR count). The number of aryl methyl sites for hydroxylation is 1. The summed E-state index contributed by atoms with van der Waals surface area (Å²) in [5.41, 5.74) is 2.40. The number of ether oxygens (including phenoxy) is 1. The van der Waals surface area contributed by atoms with Gasteiger partial charge in [0.05, 0.1) is 23.9 Å². The van der Waals surface area contributed by atoms with Gasteiger partial charge in [0.25, 0.3) is 5.91 Å². The predicted molar refractivity (Wildman–Crippen MR) is 87.5 cm³/mol. The third-order valence-electron chi connectivity index (χ3n) is 3.59. The van der Waals surface area contributed by atoms with Crippen LogP contribution in [0.2, 0.25) is 0 Å². The first kappa shape index (κ1) is 16.7. The van der Waals surface area contributed by atoms with Gasteiger partial charge in [0.15, 0.2) is 0 Å². The summed E-state index contributed by atoms with van der Waals surface area (Å²) in [6, 6.07) is 6.64. The maximum Gasteiger partial charge on any atom is 0.338 e. The van der Waals surface area contributed by atoms with E-state index < -0.39 is 0 Å². The molecule has 0 aliphatic rings. The normalized spacial score (nSPS) is 10.4. The second-order valence-corrected chi connectivity index (χ2v) is 5.29. The molecule has 0 aliphatic carbocycles. The van der Waals surface area contributed by atoms with Crippen molar-refractivity contribution in [3.63, 3.8) is 0 Å². The van der Waals surface area contributed by atoms with Crippen molar-refractivity contribution in [1.82, 2.24) is 9.78 Å². The highest BCUT2D eigenvalue weighted by atomic mass is 16.5. The molecule has 1 heterocycles. The maximum atomic E-state index is 12.2. The minimum absolute atomic E-state index is 0.228. The summed E-state index contributed by atoms with van der Waals surface area (Å²) in [7, 11) is 1.78. The van der Waals surface area contributed by atoms with Crippen molar-refractivity contribution in [1.29, 1.82) is 0 Å². The van der Waals surface area contributed by atoms with Crippen molar-refractivity contribution in [3.8, 4) is 0 Å². The Kier molecular flexibility index (Phi) is 5.51. The third-order valence-corrected chi connectivity index (χ3v) is 3.59. The van der Waals surface area contributed by atoms with Gasteiger partial charge in [-0.05, 0) is 37.6 Å².